The summed E-state index contributed by atoms with van der Waals surface area (Å²) in [7, 11) is 4.15. The van der Waals surface area contributed by atoms with Crippen LogP contribution in [0.5, 0.6) is 0 Å². The van der Waals surface area contributed by atoms with E-state index in [-0.39, 0.29) is 22.8 Å². The third-order valence-electron chi connectivity index (χ3n) is 5.11. The van der Waals surface area contributed by atoms with Crippen LogP contribution in [-0.2, 0) is 6.54 Å². The number of aromatic nitrogens is 3. The van der Waals surface area contributed by atoms with Gasteiger partial charge in [0.25, 0.3) is 5.91 Å². The summed E-state index contributed by atoms with van der Waals surface area (Å²) in [6, 6.07) is 1.48. The van der Waals surface area contributed by atoms with Crippen molar-refractivity contribution in [3.05, 3.63) is 52.0 Å². The zero-order valence-electron chi connectivity index (χ0n) is 16.4. The van der Waals surface area contributed by atoms with Crippen LogP contribution in [0.3, 0.4) is 0 Å². The van der Waals surface area contributed by atoms with Gasteiger partial charge >= 0.3 is 0 Å². The minimum atomic E-state index is -0.219. The highest BCUT2D eigenvalue weighted by molar-refractivity contribution is 5.93. The summed E-state index contributed by atoms with van der Waals surface area (Å²) in [4.78, 5) is 36.6. The van der Waals surface area contributed by atoms with Crippen LogP contribution in [0, 0.1) is 6.92 Å². The van der Waals surface area contributed by atoms with Gasteiger partial charge in [-0.2, -0.15) is 0 Å². The maximum Gasteiger partial charge on any atom is 0.259 e. The van der Waals surface area contributed by atoms with E-state index >= 15 is 0 Å². The Morgan fingerprint density at radius 3 is 2.96 bits per heavy atom. The van der Waals surface area contributed by atoms with E-state index in [9.17, 15) is 9.59 Å². The normalized spacial score (nSPS) is 17.5. The van der Waals surface area contributed by atoms with Gasteiger partial charge in [-0.25, -0.2) is 4.98 Å². The quantitative estimate of drug-likeness (QED) is 0.841. The second-order valence-corrected chi connectivity index (χ2v) is 7.62. The number of nitrogens with zero attached hydrogens (tertiary/aromatic N) is 4. The lowest BCUT2D eigenvalue weighted by Crippen LogP contribution is -2.41. The minimum absolute atomic E-state index is 0.188. The number of likely N-dealkylation sites (tertiary alicyclic amines) is 1. The second-order valence-electron chi connectivity index (χ2n) is 7.62. The molecule has 146 valence electrons. The van der Waals surface area contributed by atoms with Crippen LogP contribution in [0.4, 0.5) is 0 Å². The van der Waals surface area contributed by atoms with Gasteiger partial charge in [0, 0.05) is 55.9 Å². The van der Waals surface area contributed by atoms with Gasteiger partial charge in [0.05, 0.1) is 0 Å². The fourth-order valence-electron chi connectivity index (χ4n) is 3.71. The van der Waals surface area contributed by atoms with Gasteiger partial charge in [-0.3, -0.25) is 9.59 Å². The van der Waals surface area contributed by atoms with Crippen molar-refractivity contribution in [1.82, 2.24) is 24.3 Å². The van der Waals surface area contributed by atoms with Crippen LogP contribution < -0.4 is 5.43 Å². The molecule has 1 atom stereocenters. The molecule has 1 N–H and O–H groups in total. The standard InChI is InChI=1S/C20H29N5O2/c1-15-12-18(26)17(13-22-15)20(27)25-9-4-6-16(14-25)19-21-7-11-24(19)10-5-8-23(2)3/h7,11-13,16H,4-6,8-10,14H2,1-3H3,(H,22,26)/t16-/m0/s1. The van der Waals surface area contributed by atoms with E-state index < -0.39 is 0 Å². The number of H-pyrrole nitrogens is 1. The molecule has 0 radical (unpaired) electrons. The van der Waals surface area contributed by atoms with Gasteiger partial charge in [-0.15, -0.1) is 0 Å². The third kappa shape index (κ3) is 4.66. The Balaban J connectivity index is 1.70. The summed E-state index contributed by atoms with van der Waals surface area (Å²) in [5.41, 5.74) is 0.756. The number of hydrogen-bond donors (Lipinski definition) is 1. The van der Waals surface area contributed by atoms with Gasteiger partial charge in [-0.05, 0) is 46.8 Å². The van der Waals surface area contributed by atoms with Crippen molar-refractivity contribution in [3.8, 4) is 0 Å². The SMILES string of the molecule is Cc1cc(=O)c(C(=O)N2CCC[C@H](c3nccn3CCCN(C)C)C2)c[nH]1. The molecular formula is C20H29N5O2. The number of amides is 1. The molecule has 2 aromatic heterocycles. The summed E-state index contributed by atoms with van der Waals surface area (Å²) < 4.78 is 2.21. The first-order valence-corrected chi connectivity index (χ1v) is 9.60. The summed E-state index contributed by atoms with van der Waals surface area (Å²) in [5.74, 6) is 1.07. The van der Waals surface area contributed by atoms with Gasteiger partial charge in [0.2, 0.25) is 0 Å². The summed E-state index contributed by atoms with van der Waals surface area (Å²) in [5, 5.41) is 0. The maximum absolute atomic E-state index is 12.9. The fourth-order valence-corrected chi connectivity index (χ4v) is 3.71. The van der Waals surface area contributed by atoms with E-state index in [4.69, 9.17) is 0 Å². The van der Waals surface area contributed by atoms with Crippen molar-refractivity contribution in [1.29, 1.82) is 0 Å². The molecule has 7 nitrogen and oxygen atoms in total. The molecule has 27 heavy (non-hydrogen) atoms. The maximum atomic E-state index is 12.9. The number of pyridine rings is 1. The zero-order valence-corrected chi connectivity index (χ0v) is 16.4. The summed E-state index contributed by atoms with van der Waals surface area (Å²) in [6.45, 7) is 5.06. The molecule has 0 bridgehead atoms. The van der Waals surface area contributed by atoms with Crippen molar-refractivity contribution >= 4 is 5.91 Å². The number of nitrogens with one attached hydrogen (secondary N) is 1. The molecule has 0 spiro atoms. The van der Waals surface area contributed by atoms with E-state index in [1.54, 1.807) is 4.90 Å². The smallest absolute Gasteiger partial charge is 0.259 e. The molecule has 0 aliphatic carbocycles. The first kappa shape index (κ1) is 19.4. The molecule has 3 rings (SSSR count). The Hall–Kier alpha value is -2.41. The average Bonchev–Trinajstić information content (AvgIpc) is 3.09. The van der Waals surface area contributed by atoms with Crippen molar-refractivity contribution in [2.24, 2.45) is 0 Å². The molecule has 2 aromatic rings. The zero-order chi connectivity index (χ0) is 19.4. The van der Waals surface area contributed by atoms with E-state index in [1.165, 1.54) is 12.3 Å². The first-order valence-electron chi connectivity index (χ1n) is 9.60. The lowest BCUT2D eigenvalue weighted by molar-refractivity contribution is 0.0701. The Bertz CT molecular complexity index is 839. The number of piperidine rings is 1. The predicted molar refractivity (Wildman–Crippen MR) is 105 cm³/mol. The third-order valence-corrected chi connectivity index (χ3v) is 5.11. The Kier molecular flexibility index (Phi) is 6.11. The number of aryl methyl sites for hydroxylation is 2. The Labute approximate surface area is 160 Å². The molecule has 1 aliphatic heterocycles. The summed E-state index contributed by atoms with van der Waals surface area (Å²) >= 11 is 0. The molecule has 7 heteroatoms. The number of carbonyl (C=O) groups excluding carboxylic acids is 1. The van der Waals surface area contributed by atoms with Crippen LogP contribution in [-0.4, -0.2) is 64.0 Å². The van der Waals surface area contributed by atoms with Gasteiger partial charge in [-0.1, -0.05) is 0 Å². The summed E-state index contributed by atoms with van der Waals surface area (Å²) in [6.07, 6.45) is 8.40. The van der Waals surface area contributed by atoms with Crippen molar-refractivity contribution in [2.45, 2.75) is 38.6 Å². The molecule has 1 fully saturated rings. The number of rotatable bonds is 6. The molecule has 1 aliphatic rings. The Morgan fingerprint density at radius 1 is 1.41 bits per heavy atom. The molecule has 0 saturated carbocycles. The van der Waals surface area contributed by atoms with Crippen molar-refractivity contribution in [3.63, 3.8) is 0 Å². The molecule has 1 saturated heterocycles. The van der Waals surface area contributed by atoms with Crippen LogP contribution in [0.2, 0.25) is 0 Å². The van der Waals surface area contributed by atoms with E-state index in [2.05, 4.69) is 33.5 Å². The Morgan fingerprint density at radius 2 is 2.22 bits per heavy atom. The molecule has 0 unspecified atom stereocenters. The van der Waals surface area contributed by atoms with Crippen LogP contribution in [0.15, 0.2) is 29.5 Å². The predicted octanol–water partition coefficient (Wildman–Crippen LogP) is 1.85. The van der Waals surface area contributed by atoms with Crippen LogP contribution >= 0.6 is 0 Å². The molecule has 0 aromatic carbocycles. The van der Waals surface area contributed by atoms with E-state index in [0.717, 1.165) is 43.9 Å². The number of carbonyl (C=O) groups is 1. The largest absolute Gasteiger partial charge is 0.364 e. The van der Waals surface area contributed by atoms with Crippen LogP contribution in [0.1, 0.15) is 47.1 Å². The number of imidazole rings is 1. The molecule has 1 amide bonds. The lowest BCUT2D eigenvalue weighted by atomic mass is 9.96. The van der Waals surface area contributed by atoms with Gasteiger partial charge in [0.15, 0.2) is 5.43 Å². The second kappa shape index (κ2) is 8.52. The fraction of sp³-hybridized carbons (Fsp3) is 0.550. The number of hydrogen-bond acceptors (Lipinski definition) is 4. The van der Waals surface area contributed by atoms with Gasteiger partial charge in [0.1, 0.15) is 11.4 Å². The van der Waals surface area contributed by atoms with E-state index in [0.29, 0.717) is 13.1 Å². The van der Waals surface area contributed by atoms with Crippen molar-refractivity contribution in [2.75, 3.05) is 33.7 Å². The van der Waals surface area contributed by atoms with Gasteiger partial charge < -0.3 is 19.4 Å². The van der Waals surface area contributed by atoms with Crippen molar-refractivity contribution < 1.29 is 4.79 Å². The average molecular weight is 371 g/mol. The lowest BCUT2D eigenvalue weighted by Gasteiger charge is -2.32. The highest BCUT2D eigenvalue weighted by atomic mass is 16.2. The molecular weight excluding hydrogens is 342 g/mol. The topological polar surface area (TPSA) is 74.2 Å². The highest BCUT2D eigenvalue weighted by Crippen LogP contribution is 2.26. The molecule has 3 heterocycles. The monoisotopic (exact) mass is 371 g/mol. The minimum Gasteiger partial charge on any atom is -0.364 e. The van der Waals surface area contributed by atoms with Crippen LogP contribution in [0.25, 0.3) is 0 Å². The number of aromatic amines is 1. The highest BCUT2D eigenvalue weighted by Gasteiger charge is 2.28. The van der Waals surface area contributed by atoms with E-state index in [1.807, 2.05) is 19.3 Å². The first-order chi connectivity index (χ1) is 13.0.